The summed E-state index contributed by atoms with van der Waals surface area (Å²) in [5.74, 6) is 0. The third-order valence-corrected chi connectivity index (χ3v) is 3.63. The highest BCUT2D eigenvalue weighted by molar-refractivity contribution is 6.34. The lowest BCUT2D eigenvalue weighted by Crippen LogP contribution is -2.15. The van der Waals surface area contributed by atoms with Gasteiger partial charge in [-0.15, -0.1) is 0 Å². The summed E-state index contributed by atoms with van der Waals surface area (Å²) in [6.07, 6.45) is 5.14. The van der Waals surface area contributed by atoms with Crippen molar-refractivity contribution >= 4 is 23.0 Å². The van der Waals surface area contributed by atoms with Gasteiger partial charge in [-0.3, -0.25) is 0 Å². The summed E-state index contributed by atoms with van der Waals surface area (Å²) < 4.78 is 0. The van der Waals surface area contributed by atoms with Crippen molar-refractivity contribution < 1.29 is 0 Å². The summed E-state index contributed by atoms with van der Waals surface area (Å²) in [6, 6.07) is 4.48. The molecule has 0 aromatic heterocycles. The average molecular weight is 225 g/mol. The molecule has 0 bridgehead atoms. The van der Waals surface area contributed by atoms with Crippen molar-refractivity contribution in [3.05, 3.63) is 22.7 Å². The Hall–Kier alpha value is -0.890. The number of anilines is 2. The number of nitrogens with two attached hydrogens (primary N) is 1. The van der Waals surface area contributed by atoms with E-state index in [1.165, 1.54) is 25.7 Å². The zero-order valence-electron chi connectivity index (χ0n) is 9.02. The van der Waals surface area contributed by atoms with Crippen LogP contribution in [0.2, 0.25) is 5.02 Å². The van der Waals surface area contributed by atoms with Crippen molar-refractivity contribution in [3.8, 4) is 0 Å². The molecule has 1 aromatic rings. The Labute approximate surface area is 95.8 Å². The molecular formula is C12H17ClN2. The highest BCUT2D eigenvalue weighted by atomic mass is 35.5. The van der Waals surface area contributed by atoms with Crippen LogP contribution in [0.5, 0.6) is 0 Å². The fourth-order valence-electron chi connectivity index (χ4n) is 2.10. The first-order valence-corrected chi connectivity index (χ1v) is 5.87. The molecule has 2 nitrogen and oxygen atoms in total. The molecule has 0 spiro atoms. The molecule has 0 atom stereocenters. The molecule has 1 fully saturated rings. The molecule has 0 saturated heterocycles. The molecule has 3 heteroatoms. The molecule has 1 saturated carbocycles. The van der Waals surface area contributed by atoms with Crippen molar-refractivity contribution in [2.24, 2.45) is 0 Å². The first kappa shape index (κ1) is 10.6. The van der Waals surface area contributed by atoms with Crippen LogP contribution in [0.1, 0.15) is 31.2 Å². The van der Waals surface area contributed by atoms with E-state index in [4.69, 9.17) is 17.3 Å². The molecule has 2 rings (SSSR count). The van der Waals surface area contributed by atoms with E-state index in [2.05, 4.69) is 5.32 Å². The zero-order valence-corrected chi connectivity index (χ0v) is 9.77. The molecule has 0 unspecified atom stereocenters. The van der Waals surface area contributed by atoms with Gasteiger partial charge in [0.05, 0.1) is 10.7 Å². The van der Waals surface area contributed by atoms with Crippen LogP contribution < -0.4 is 11.1 Å². The van der Waals surface area contributed by atoms with E-state index in [9.17, 15) is 0 Å². The van der Waals surface area contributed by atoms with E-state index in [-0.39, 0.29) is 0 Å². The third kappa shape index (κ3) is 2.20. The quantitative estimate of drug-likeness (QED) is 0.754. The van der Waals surface area contributed by atoms with Gasteiger partial charge in [-0.2, -0.15) is 0 Å². The van der Waals surface area contributed by atoms with Gasteiger partial charge in [0.2, 0.25) is 0 Å². The van der Waals surface area contributed by atoms with Gasteiger partial charge in [-0.25, -0.2) is 0 Å². The maximum absolute atomic E-state index is 6.23. The van der Waals surface area contributed by atoms with Gasteiger partial charge >= 0.3 is 0 Å². The van der Waals surface area contributed by atoms with Crippen molar-refractivity contribution in [1.82, 2.24) is 0 Å². The van der Waals surface area contributed by atoms with Crippen LogP contribution in [0.4, 0.5) is 11.4 Å². The lowest BCUT2D eigenvalue weighted by molar-refractivity contribution is 0.755. The second kappa shape index (κ2) is 4.31. The lowest BCUT2D eigenvalue weighted by atomic mass is 10.1. The van der Waals surface area contributed by atoms with Gasteiger partial charge < -0.3 is 11.1 Å². The Kier molecular flexibility index (Phi) is 3.06. The zero-order chi connectivity index (χ0) is 10.8. The topological polar surface area (TPSA) is 38.0 Å². The van der Waals surface area contributed by atoms with E-state index in [0.717, 1.165) is 22.0 Å². The second-order valence-corrected chi connectivity index (χ2v) is 4.65. The van der Waals surface area contributed by atoms with Crippen molar-refractivity contribution in [3.63, 3.8) is 0 Å². The molecule has 0 radical (unpaired) electrons. The first-order chi connectivity index (χ1) is 7.18. The normalized spacial score (nSPS) is 16.9. The van der Waals surface area contributed by atoms with E-state index >= 15 is 0 Å². The number of nitrogen functional groups attached to an aromatic ring is 1. The van der Waals surface area contributed by atoms with Crippen molar-refractivity contribution in [2.45, 2.75) is 38.6 Å². The Morgan fingerprint density at radius 2 is 2.00 bits per heavy atom. The van der Waals surface area contributed by atoms with Gasteiger partial charge in [0.25, 0.3) is 0 Å². The number of hydrogen-bond acceptors (Lipinski definition) is 2. The van der Waals surface area contributed by atoms with E-state index in [1.54, 1.807) is 0 Å². The maximum atomic E-state index is 6.23. The van der Waals surface area contributed by atoms with E-state index in [0.29, 0.717) is 6.04 Å². The predicted octanol–water partition coefficient (Wildman–Crippen LogP) is 3.59. The van der Waals surface area contributed by atoms with Gasteiger partial charge in [0, 0.05) is 11.7 Å². The third-order valence-electron chi connectivity index (χ3n) is 3.14. The SMILES string of the molecule is Cc1c(N)ccc(NC2CCCC2)c1Cl. The fraction of sp³-hybridized carbons (Fsp3) is 0.500. The minimum Gasteiger partial charge on any atom is -0.398 e. The van der Waals surface area contributed by atoms with Crippen LogP contribution >= 0.6 is 11.6 Å². The Bertz CT molecular complexity index is 357. The smallest absolute Gasteiger partial charge is 0.0687 e. The molecule has 0 amide bonds. The number of nitrogens with one attached hydrogen (secondary N) is 1. The summed E-state index contributed by atoms with van der Waals surface area (Å²) in [5.41, 5.74) is 8.54. The number of halogens is 1. The van der Waals surface area contributed by atoms with Gasteiger partial charge in [0.1, 0.15) is 0 Å². The summed E-state index contributed by atoms with van der Waals surface area (Å²) in [5, 5.41) is 4.26. The maximum Gasteiger partial charge on any atom is 0.0687 e. The van der Waals surface area contributed by atoms with Crippen LogP contribution in [-0.4, -0.2) is 6.04 Å². The van der Waals surface area contributed by atoms with Crippen LogP contribution in [-0.2, 0) is 0 Å². The van der Waals surface area contributed by atoms with Crippen LogP contribution in [0, 0.1) is 6.92 Å². The van der Waals surface area contributed by atoms with Crippen molar-refractivity contribution in [1.29, 1.82) is 0 Å². The van der Waals surface area contributed by atoms with Crippen molar-refractivity contribution in [2.75, 3.05) is 11.1 Å². The minimum absolute atomic E-state index is 0.588. The number of hydrogen-bond donors (Lipinski definition) is 2. The number of benzene rings is 1. The standard InChI is InChI=1S/C12H17ClN2/c1-8-10(14)6-7-11(12(8)13)15-9-4-2-3-5-9/h6-7,9,15H,2-5,14H2,1H3. The largest absolute Gasteiger partial charge is 0.398 e. The molecule has 1 aliphatic rings. The Balaban J connectivity index is 2.17. The molecule has 3 N–H and O–H groups in total. The lowest BCUT2D eigenvalue weighted by Gasteiger charge is -2.16. The molecule has 15 heavy (non-hydrogen) atoms. The Morgan fingerprint density at radius 1 is 1.33 bits per heavy atom. The highest BCUT2D eigenvalue weighted by Crippen LogP contribution is 2.32. The molecule has 1 aromatic carbocycles. The minimum atomic E-state index is 0.588. The average Bonchev–Trinajstić information content (AvgIpc) is 2.72. The monoisotopic (exact) mass is 224 g/mol. The summed E-state index contributed by atoms with van der Waals surface area (Å²) in [7, 11) is 0. The van der Waals surface area contributed by atoms with E-state index < -0.39 is 0 Å². The fourth-order valence-corrected chi connectivity index (χ4v) is 2.33. The number of rotatable bonds is 2. The molecule has 0 heterocycles. The van der Waals surface area contributed by atoms with Gasteiger partial charge in [-0.05, 0) is 37.5 Å². The predicted molar refractivity (Wildman–Crippen MR) is 66.5 cm³/mol. The Morgan fingerprint density at radius 3 is 2.67 bits per heavy atom. The summed E-state index contributed by atoms with van der Waals surface area (Å²) in [4.78, 5) is 0. The molecule has 82 valence electrons. The highest BCUT2D eigenvalue weighted by Gasteiger charge is 2.16. The van der Waals surface area contributed by atoms with Crippen LogP contribution in [0.3, 0.4) is 0 Å². The molecule has 0 aliphatic heterocycles. The van der Waals surface area contributed by atoms with Crippen LogP contribution in [0.25, 0.3) is 0 Å². The molecule has 1 aliphatic carbocycles. The van der Waals surface area contributed by atoms with E-state index in [1.807, 2.05) is 19.1 Å². The van der Waals surface area contributed by atoms with Gasteiger partial charge in [0.15, 0.2) is 0 Å². The summed E-state index contributed by atoms with van der Waals surface area (Å²) in [6.45, 7) is 1.96. The van der Waals surface area contributed by atoms with Crippen LogP contribution in [0.15, 0.2) is 12.1 Å². The van der Waals surface area contributed by atoms with Gasteiger partial charge in [-0.1, -0.05) is 24.4 Å². The second-order valence-electron chi connectivity index (χ2n) is 4.27. The molecular weight excluding hydrogens is 208 g/mol. The first-order valence-electron chi connectivity index (χ1n) is 5.49. The summed E-state index contributed by atoms with van der Waals surface area (Å²) >= 11 is 6.23.